The summed E-state index contributed by atoms with van der Waals surface area (Å²) in [5.74, 6) is -0.261. The van der Waals surface area contributed by atoms with Crippen LogP contribution in [0.4, 0.5) is 5.69 Å². The van der Waals surface area contributed by atoms with Crippen molar-refractivity contribution in [2.75, 3.05) is 31.6 Å². The molecule has 0 bridgehead atoms. The van der Waals surface area contributed by atoms with E-state index in [-0.39, 0.29) is 18.2 Å². The molecule has 1 aliphatic rings. The Kier molecular flexibility index (Phi) is 5.68. The zero-order chi connectivity index (χ0) is 17.6. The Hall–Kier alpha value is -2.37. The summed E-state index contributed by atoms with van der Waals surface area (Å²) >= 11 is 6.17. The van der Waals surface area contributed by atoms with Gasteiger partial charge in [0.15, 0.2) is 0 Å². The lowest BCUT2D eigenvalue weighted by molar-refractivity contribution is -0.115. The molecule has 3 rings (SSSR count). The van der Waals surface area contributed by atoms with Gasteiger partial charge in [0.1, 0.15) is 0 Å². The average molecular weight is 359 g/mol. The Bertz CT molecular complexity index is 759. The molecule has 2 aromatic carbocycles. The number of benzene rings is 2. The van der Waals surface area contributed by atoms with Gasteiger partial charge in [-0.15, -0.1) is 0 Å². The van der Waals surface area contributed by atoms with Crippen molar-refractivity contribution in [3.8, 4) is 0 Å². The van der Waals surface area contributed by atoms with Gasteiger partial charge in [0.25, 0.3) is 5.91 Å². The summed E-state index contributed by atoms with van der Waals surface area (Å²) in [5, 5.41) is 3.19. The van der Waals surface area contributed by atoms with E-state index in [2.05, 4.69) is 5.32 Å². The number of hydrogen-bond donors (Lipinski definition) is 1. The third-order valence-corrected chi connectivity index (χ3v) is 4.32. The molecule has 1 fully saturated rings. The van der Waals surface area contributed by atoms with Crippen molar-refractivity contribution in [1.29, 1.82) is 0 Å². The fourth-order valence-corrected chi connectivity index (χ4v) is 2.84. The van der Waals surface area contributed by atoms with E-state index in [1.807, 2.05) is 30.3 Å². The lowest BCUT2D eigenvalue weighted by Gasteiger charge is -2.27. The summed E-state index contributed by atoms with van der Waals surface area (Å²) in [6.07, 6.45) is 0.249. The lowest BCUT2D eigenvalue weighted by Crippen LogP contribution is -2.40. The summed E-state index contributed by atoms with van der Waals surface area (Å²) in [6, 6.07) is 14.4. The van der Waals surface area contributed by atoms with Gasteiger partial charge in [-0.1, -0.05) is 41.9 Å². The summed E-state index contributed by atoms with van der Waals surface area (Å²) in [6.45, 7) is 2.22. The van der Waals surface area contributed by atoms with Crippen LogP contribution in [0.5, 0.6) is 0 Å². The fourth-order valence-electron chi connectivity index (χ4n) is 2.68. The molecular weight excluding hydrogens is 340 g/mol. The van der Waals surface area contributed by atoms with Crippen LogP contribution in [0.2, 0.25) is 5.02 Å². The summed E-state index contributed by atoms with van der Waals surface area (Å²) in [5.41, 5.74) is 1.86. The van der Waals surface area contributed by atoms with Crippen molar-refractivity contribution >= 4 is 29.1 Å². The topological polar surface area (TPSA) is 58.6 Å². The van der Waals surface area contributed by atoms with Crippen molar-refractivity contribution in [3.63, 3.8) is 0 Å². The monoisotopic (exact) mass is 358 g/mol. The van der Waals surface area contributed by atoms with E-state index in [0.29, 0.717) is 42.6 Å². The number of hydrogen-bond acceptors (Lipinski definition) is 3. The molecule has 25 heavy (non-hydrogen) atoms. The third-order valence-electron chi connectivity index (χ3n) is 3.99. The number of nitrogens with one attached hydrogen (secondary N) is 1. The van der Waals surface area contributed by atoms with Gasteiger partial charge in [-0.25, -0.2) is 0 Å². The highest BCUT2D eigenvalue weighted by Gasteiger charge is 2.19. The molecule has 1 saturated heterocycles. The van der Waals surface area contributed by atoms with E-state index < -0.39 is 0 Å². The van der Waals surface area contributed by atoms with E-state index >= 15 is 0 Å². The van der Waals surface area contributed by atoms with Gasteiger partial charge in [-0.2, -0.15) is 0 Å². The molecule has 0 saturated carbocycles. The Labute approximate surface area is 151 Å². The molecule has 1 heterocycles. The fraction of sp³-hybridized carbons (Fsp3) is 0.263. The minimum absolute atomic E-state index is 0.0847. The quantitative estimate of drug-likeness (QED) is 0.914. The third kappa shape index (κ3) is 4.59. The van der Waals surface area contributed by atoms with Crippen LogP contribution in [0, 0.1) is 0 Å². The molecule has 0 aromatic heterocycles. The second-order valence-electron chi connectivity index (χ2n) is 5.81. The molecule has 0 spiro atoms. The first-order valence-corrected chi connectivity index (χ1v) is 8.51. The molecular formula is C19H19ClN2O3. The highest BCUT2D eigenvalue weighted by Crippen LogP contribution is 2.24. The highest BCUT2D eigenvalue weighted by atomic mass is 35.5. The molecule has 1 N–H and O–H groups in total. The maximum Gasteiger partial charge on any atom is 0.254 e. The summed E-state index contributed by atoms with van der Waals surface area (Å²) in [7, 11) is 0. The molecule has 0 unspecified atom stereocenters. The van der Waals surface area contributed by atoms with E-state index in [4.69, 9.17) is 16.3 Å². The number of halogens is 1. The van der Waals surface area contributed by atoms with Crippen LogP contribution in [-0.4, -0.2) is 43.0 Å². The van der Waals surface area contributed by atoms with E-state index in [0.717, 1.165) is 5.56 Å². The molecule has 5 nitrogen and oxygen atoms in total. The van der Waals surface area contributed by atoms with Crippen LogP contribution in [0.25, 0.3) is 0 Å². The Morgan fingerprint density at radius 3 is 2.52 bits per heavy atom. The van der Waals surface area contributed by atoms with Crippen LogP contribution < -0.4 is 5.32 Å². The number of carbonyl (C=O) groups excluding carboxylic acids is 2. The zero-order valence-corrected chi connectivity index (χ0v) is 14.5. The largest absolute Gasteiger partial charge is 0.378 e. The van der Waals surface area contributed by atoms with E-state index in [9.17, 15) is 9.59 Å². The molecule has 2 amide bonds. The van der Waals surface area contributed by atoms with Crippen molar-refractivity contribution in [2.24, 2.45) is 0 Å². The predicted octanol–water partition coefficient (Wildman–Crippen LogP) is 2.99. The molecule has 130 valence electrons. The van der Waals surface area contributed by atoms with Gasteiger partial charge in [0, 0.05) is 18.7 Å². The molecule has 6 heteroatoms. The second-order valence-corrected chi connectivity index (χ2v) is 6.22. The van der Waals surface area contributed by atoms with Gasteiger partial charge < -0.3 is 15.0 Å². The summed E-state index contributed by atoms with van der Waals surface area (Å²) < 4.78 is 5.27. The summed E-state index contributed by atoms with van der Waals surface area (Å²) in [4.78, 5) is 26.5. The van der Waals surface area contributed by atoms with Gasteiger partial charge in [0.2, 0.25) is 5.91 Å². The maximum atomic E-state index is 12.6. The number of carbonyl (C=O) groups is 2. The standard InChI is InChI=1S/C19H19ClN2O3/c20-16-7-6-15(19(24)22-8-10-25-11-9-22)13-17(16)21-18(23)12-14-4-2-1-3-5-14/h1-7,13H,8-12H2,(H,21,23). The SMILES string of the molecule is O=C(Cc1ccccc1)Nc1cc(C(=O)N2CCOCC2)ccc1Cl. The number of morpholine rings is 1. The maximum absolute atomic E-state index is 12.6. The number of nitrogens with zero attached hydrogens (tertiary/aromatic N) is 1. The normalized spacial score (nSPS) is 14.2. The molecule has 2 aromatic rings. The number of amides is 2. The van der Waals surface area contributed by atoms with Crippen LogP contribution in [0.1, 0.15) is 15.9 Å². The van der Waals surface area contributed by atoms with Crippen molar-refractivity contribution in [2.45, 2.75) is 6.42 Å². The Morgan fingerprint density at radius 2 is 1.80 bits per heavy atom. The number of rotatable bonds is 4. The van der Waals surface area contributed by atoms with E-state index in [1.54, 1.807) is 23.1 Å². The van der Waals surface area contributed by atoms with Gasteiger partial charge in [-0.3, -0.25) is 9.59 Å². The number of anilines is 1. The second kappa shape index (κ2) is 8.14. The minimum Gasteiger partial charge on any atom is -0.378 e. The average Bonchev–Trinajstić information content (AvgIpc) is 2.64. The first-order valence-electron chi connectivity index (χ1n) is 8.14. The number of ether oxygens (including phenoxy) is 1. The van der Waals surface area contributed by atoms with Crippen molar-refractivity contribution < 1.29 is 14.3 Å². The van der Waals surface area contributed by atoms with E-state index in [1.165, 1.54) is 0 Å². The molecule has 0 aliphatic carbocycles. The Morgan fingerprint density at radius 1 is 1.08 bits per heavy atom. The predicted molar refractivity (Wildman–Crippen MR) is 97.0 cm³/mol. The van der Waals surface area contributed by atoms with Crippen LogP contribution in [-0.2, 0) is 16.0 Å². The minimum atomic E-state index is -0.177. The van der Waals surface area contributed by atoms with Gasteiger partial charge in [0.05, 0.1) is 30.3 Å². The van der Waals surface area contributed by atoms with Crippen LogP contribution in [0.15, 0.2) is 48.5 Å². The van der Waals surface area contributed by atoms with Crippen LogP contribution in [0.3, 0.4) is 0 Å². The first-order chi connectivity index (χ1) is 12.1. The van der Waals surface area contributed by atoms with Crippen LogP contribution >= 0.6 is 11.6 Å². The van der Waals surface area contributed by atoms with Crippen molar-refractivity contribution in [3.05, 3.63) is 64.7 Å². The lowest BCUT2D eigenvalue weighted by atomic mass is 10.1. The van der Waals surface area contributed by atoms with Gasteiger partial charge in [-0.05, 0) is 23.8 Å². The van der Waals surface area contributed by atoms with Gasteiger partial charge >= 0.3 is 0 Å². The first kappa shape index (κ1) is 17.5. The molecule has 1 aliphatic heterocycles. The highest BCUT2D eigenvalue weighted by molar-refractivity contribution is 6.33. The zero-order valence-electron chi connectivity index (χ0n) is 13.7. The van der Waals surface area contributed by atoms with Crippen molar-refractivity contribution in [1.82, 2.24) is 4.90 Å². The molecule has 0 radical (unpaired) electrons. The smallest absolute Gasteiger partial charge is 0.254 e. The Balaban J connectivity index is 1.70. The molecule has 0 atom stereocenters.